The first kappa shape index (κ1) is 20.4. The molecular weight excluding hydrogens is 368 g/mol. The fraction of sp³-hybridized carbons (Fsp3) is 0.625. The predicted molar refractivity (Wildman–Crippen MR) is 112 cm³/mol. The van der Waals surface area contributed by atoms with Crippen LogP contribution in [0.2, 0.25) is 0 Å². The summed E-state index contributed by atoms with van der Waals surface area (Å²) in [5.74, 6) is 0.893. The average molecular weight is 401 g/mol. The van der Waals surface area contributed by atoms with E-state index in [1.165, 1.54) is 6.07 Å². The van der Waals surface area contributed by atoms with Crippen LogP contribution in [0.1, 0.15) is 53.4 Å². The lowest BCUT2D eigenvalue weighted by atomic mass is 9.45. The first-order valence-electron chi connectivity index (χ1n) is 10.6. The number of aliphatic hydroxyl groups is 2. The van der Waals surface area contributed by atoms with Crippen LogP contribution in [0.25, 0.3) is 11.0 Å². The van der Waals surface area contributed by atoms with Gasteiger partial charge in [0.1, 0.15) is 11.3 Å². The summed E-state index contributed by atoms with van der Waals surface area (Å²) in [4.78, 5) is 11.5. The van der Waals surface area contributed by atoms with Crippen molar-refractivity contribution >= 4 is 11.0 Å². The van der Waals surface area contributed by atoms with Gasteiger partial charge in [0.2, 0.25) is 0 Å². The molecule has 0 spiro atoms. The molecule has 2 N–H and O–H groups in total. The standard InChI is InChI=1S/C24H32O5/c1-22(2)18-9-12-24(4,27)19(23(18,3)11-10-20(22)25)14-28-16-7-5-15-6-8-21(26)29-17(15)13-16/h5-8,13,18-20,25,27H,9-12,14H2,1-4H3/t18-,19-,20-,23-,24-/m0/s1. The Morgan fingerprint density at radius 3 is 2.59 bits per heavy atom. The summed E-state index contributed by atoms with van der Waals surface area (Å²) in [5.41, 5.74) is -1.02. The highest BCUT2D eigenvalue weighted by molar-refractivity contribution is 5.77. The van der Waals surface area contributed by atoms with Gasteiger partial charge in [0.15, 0.2) is 0 Å². The highest BCUT2D eigenvalue weighted by atomic mass is 16.5. The maximum absolute atomic E-state index is 11.5. The molecule has 5 nitrogen and oxygen atoms in total. The quantitative estimate of drug-likeness (QED) is 0.757. The van der Waals surface area contributed by atoms with Crippen molar-refractivity contribution in [2.24, 2.45) is 22.7 Å². The molecule has 2 aromatic rings. The van der Waals surface area contributed by atoms with Crippen LogP contribution in [-0.2, 0) is 0 Å². The second kappa shape index (κ2) is 6.85. The largest absolute Gasteiger partial charge is 0.493 e. The summed E-state index contributed by atoms with van der Waals surface area (Å²) in [5, 5.41) is 22.7. The zero-order valence-electron chi connectivity index (χ0n) is 17.8. The minimum atomic E-state index is -0.826. The molecule has 5 atom stereocenters. The van der Waals surface area contributed by atoms with Crippen molar-refractivity contribution in [2.75, 3.05) is 6.61 Å². The minimum absolute atomic E-state index is 0.0565. The number of fused-ring (bicyclic) bond motifs is 2. The van der Waals surface area contributed by atoms with Gasteiger partial charge >= 0.3 is 5.63 Å². The van der Waals surface area contributed by atoms with Crippen molar-refractivity contribution in [1.29, 1.82) is 0 Å². The van der Waals surface area contributed by atoms with Crippen molar-refractivity contribution in [3.63, 3.8) is 0 Å². The molecule has 1 aromatic heterocycles. The minimum Gasteiger partial charge on any atom is -0.493 e. The fourth-order valence-corrected chi connectivity index (χ4v) is 6.20. The van der Waals surface area contributed by atoms with Gasteiger partial charge in [-0.15, -0.1) is 0 Å². The second-order valence-electron chi connectivity index (χ2n) is 10.1. The molecule has 0 saturated heterocycles. The molecule has 0 unspecified atom stereocenters. The number of hydrogen-bond donors (Lipinski definition) is 2. The van der Waals surface area contributed by atoms with Gasteiger partial charge in [-0.3, -0.25) is 0 Å². The number of hydrogen-bond acceptors (Lipinski definition) is 5. The molecule has 1 heterocycles. The van der Waals surface area contributed by atoms with Gasteiger partial charge in [0, 0.05) is 23.4 Å². The summed E-state index contributed by atoms with van der Waals surface area (Å²) in [6.45, 7) is 8.87. The molecule has 1 aromatic carbocycles. The molecule has 5 heteroatoms. The van der Waals surface area contributed by atoms with Gasteiger partial charge in [-0.25, -0.2) is 4.79 Å². The topological polar surface area (TPSA) is 79.9 Å². The molecular formula is C24H32O5. The van der Waals surface area contributed by atoms with Crippen LogP contribution in [0, 0.1) is 22.7 Å². The number of aliphatic hydroxyl groups excluding tert-OH is 1. The van der Waals surface area contributed by atoms with E-state index in [-0.39, 0.29) is 28.5 Å². The van der Waals surface area contributed by atoms with Crippen molar-refractivity contribution in [1.82, 2.24) is 0 Å². The zero-order valence-corrected chi connectivity index (χ0v) is 17.8. The third-order valence-corrected chi connectivity index (χ3v) is 8.01. The zero-order chi connectivity index (χ0) is 21.0. The highest BCUT2D eigenvalue weighted by Gasteiger charge is 2.60. The Kier molecular flexibility index (Phi) is 4.82. The normalized spacial score (nSPS) is 36.6. The summed E-state index contributed by atoms with van der Waals surface area (Å²) in [7, 11) is 0. The van der Waals surface area contributed by atoms with Crippen LogP contribution < -0.4 is 10.4 Å². The van der Waals surface area contributed by atoms with Crippen molar-refractivity contribution < 1.29 is 19.4 Å². The molecule has 29 heavy (non-hydrogen) atoms. The Balaban J connectivity index is 1.61. The summed E-state index contributed by atoms with van der Waals surface area (Å²) < 4.78 is 11.4. The van der Waals surface area contributed by atoms with Gasteiger partial charge in [0.05, 0.1) is 18.3 Å². The molecule has 0 bridgehead atoms. The maximum Gasteiger partial charge on any atom is 0.336 e. The Hall–Kier alpha value is -1.85. The lowest BCUT2D eigenvalue weighted by Gasteiger charge is -2.62. The van der Waals surface area contributed by atoms with Crippen molar-refractivity contribution in [2.45, 2.75) is 65.1 Å². The van der Waals surface area contributed by atoms with Crippen LogP contribution in [-0.4, -0.2) is 28.5 Å². The second-order valence-corrected chi connectivity index (χ2v) is 10.1. The Labute approximate surface area is 171 Å². The van der Waals surface area contributed by atoms with Crippen LogP contribution >= 0.6 is 0 Å². The summed E-state index contributed by atoms with van der Waals surface area (Å²) in [6, 6.07) is 8.62. The Morgan fingerprint density at radius 1 is 1.10 bits per heavy atom. The van der Waals surface area contributed by atoms with E-state index in [2.05, 4.69) is 20.8 Å². The first-order chi connectivity index (χ1) is 13.5. The van der Waals surface area contributed by atoms with Crippen LogP contribution in [0.15, 0.2) is 39.5 Å². The third kappa shape index (κ3) is 3.38. The van der Waals surface area contributed by atoms with E-state index in [0.717, 1.165) is 24.6 Å². The van der Waals surface area contributed by atoms with Gasteiger partial charge in [-0.2, -0.15) is 0 Å². The van der Waals surface area contributed by atoms with E-state index in [1.54, 1.807) is 12.1 Å². The van der Waals surface area contributed by atoms with E-state index in [1.807, 2.05) is 19.1 Å². The summed E-state index contributed by atoms with van der Waals surface area (Å²) >= 11 is 0. The number of ether oxygens (including phenoxy) is 1. The van der Waals surface area contributed by atoms with E-state index in [4.69, 9.17) is 9.15 Å². The maximum atomic E-state index is 11.5. The first-order valence-corrected chi connectivity index (χ1v) is 10.6. The van der Waals surface area contributed by atoms with Gasteiger partial charge in [-0.05, 0) is 67.6 Å². The van der Waals surface area contributed by atoms with E-state index in [0.29, 0.717) is 30.3 Å². The fourth-order valence-electron chi connectivity index (χ4n) is 6.20. The Morgan fingerprint density at radius 2 is 1.83 bits per heavy atom. The SMILES string of the molecule is CC1(C)[C@@H](O)CC[C@@]2(C)[C@H]1CC[C@](C)(O)[C@H]2COc1ccc2ccc(=O)oc2c1. The van der Waals surface area contributed by atoms with E-state index in [9.17, 15) is 15.0 Å². The van der Waals surface area contributed by atoms with E-state index >= 15 is 0 Å². The smallest absolute Gasteiger partial charge is 0.336 e. The van der Waals surface area contributed by atoms with Gasteiger partial charge in [0.25, 0.3) is 0 Å². The number of rotatable bonds is 3. The Bertz CT molecular complexity index is 959. The predicted octanol–water partition coefficient (Wildman–Crippen LogP) is 4.14. The van der Waals surface area contributed by atoms with Crippen molar-refractivity contribution in [3.8, 4) is 5.75 Å². The molecule has 158 valence electrons. The average Bonchev–Trinajstić information content (AvgIpc) is 2.64. The van der Waals surface area contributed by atoms with Crippen LogP contribution in [0.5, 0.6) is 5.75 Å². The van der Waals surface area contributed by atoms with Crippen LogP contribution in [0.4, 0.5) is 0 Å². The number of benzene rings is 1. The molecule has 4 rings (SSSR count). The molecule has 0 amide bonds. The molecule has 0 radical (unpaired) electrons. The molecule has 2 aliphatic rings. The highest BCUT2D eigenvalue weighted by Crippen LogP contribution is 2.61. The summed E-state index contributed by atoms with van der Waals surface area (Å²) in [6.07, 6.45) is 2.91. The molecule has 2 fully saturated rings. The third-order valence-electron chi connectivity index (χ3n) is 8.01. The molecule has 0 aliphatic heterocycles. The molecule has 2 aliphatic carbocycles. The van der Waals surface area contributed by atoms with Gasteiger partial charge < -0.3 is 19.4 Å². The lowest BCUT2D eigenvalue weighted by Crippen LogP contribution is -2.61. The van der Waals surface area contributed by atoms with Gasteiger partial charge in [-0.1, -0.05) is 20.8 Å². The van der Waals surface area contributed by atoms with Crippen LogP contribution in [0.3, 0.4) is 0 Å². The monoisotopic (exact) mass is 400 g/mol. The van der Waals surface area contributed by atoms with E-state index < -0.39 is 5.60 Å². The molecule has 2 saturated carbocycles. The van der Waals surface area contributed by atoms with Crippen molar-refractivity contribution in [3.05, 3.63) is 40.8 Å². The lowest BCUT2D eigenvalue weighted by molar-refractivity contribution is -0.201.